The zero-order chi connectivity index (χ0) is 27.0. The van der Waals surface area contributed by atoms with E-state index in [4.69, 9.17) is 5.41 Å². The van der Waals surface area contributed by atoms with Crippen LogP contribution in [0.1, 0.15) is 5.56 Å². The Bertz CT molecular complexity index is 1780. The van der Waals surface area contributed by atoms with E-state index in [0.717, 1.165) is 18.5 Å². The molecular weight excluding hydrogens is 507 g/mol. The molecule has 3 heterocycles. The number of nitrogens with one attached hydrogen (secondary N) is 3. The van der Waals surface area contributed by atoms with Gasteiger partial charge in [0, 0.05) is 23.6 Å². The van der Waals surface area contributed by atoms with Crippen LogP contribution in [0.15, 0.2) is 78.5 Å². The highest BCUT2D eigenvalue weighted by Gasteiger charge is 2.31. The number of alkyl halides is 3. The Kier molecular flexibility index (Phi) is 5.87. The van der Waals surface area contributed by atoms with Crippen LogP contribution in [0.3, 0.4) is 0 Å². The lowest BCUT2D eigenvalue weighted by atomic mass is 10.1. The van der Waals surface area contributed by atoms with Gasteiger partial charge in [0.2, 0.25) is 0 Å². The number of benzene rings is 2. The fraction of sp³-hybridized carbons (Fsp3) is 0.0435. The number of pyridine rings is 1. The van der Waals surface area contributed by atoms with Gasteiger partial charge in [-0.05, 0) is 42.5 Å². The summed E-state index contributed by atoms with van der Waals surface area (Å²) in [5, 5.41) is 26.4. The van der Waals surface area contributed by atoms with E-state index in [0.29, 0.717) is 16.1 Å². The van der Waals surface area contributed by atoms with Crippen LogP contribution in [-0.4, -0.2) is 40.3 Å². The Morgan fingerprint density at radius 3 is 2.47 bits per heavy atom. The second-order valence-corrected chi connectivity index (χ2v) is 7.88. The lowest BCUT2D eigenvalue weighted by molar-refractivity contribution is -0.137. The molecule has 0 radical (unpaired) electrons. The van der Waals surface area contributed by atoms with Crippen molar-refractivity contribution >= 4 is 28.4 Å². The number of hydrogen-bond acceptors (Lipinski definition) is 7. The summed E-state index contributed by atoms with van der Waals surface area (Å²) in [7, 11) is 0. The fourth-order valence-electron chi connectivity index (χ4n) is 3.70. The average Bonchev–Trinajstić information content (AvgIpc) is 3.41. The normalized spacial score (nSPS) is 11.4. The first kappa shape index (κ1) is 24.2. The molecule has 5 rings (SSSR count). The van der Waals surface area contributed by atoms with Crippen LogP contribution in [0.4, 0.5) is 29.3 Å². The molecule has 192 valence electrons. The summed E-state index contributed by atoms with van der Waals surface area (Å²) >= 11 is 0. The quantitative estimate of drug-likeness (QED) is 0.265. The second-order valence-electron chi connectivity index (χ2n) is 7.88. The number of nitrogens with zero attached hydrogens (tertiary/aromatic N) is 6. The van der Waals surface area contributed by atoms with E-state index >= 15 is 0 Å². The van der Waals surface area contributed by atoms with Crippen molar-refractivity contribution in [3.05, 3.63) is 95.0 Å². The molecule has 0 aliphatic carbocycles. The Labute approximate surface area is 209 Å². The first-order valence-electron chi connectivity index (χ1n) is 10.7. The molecule has 0 unspecified atom stereocenters. The van der Waals surface area contributed by atoms with E-state index < -0.39 is 28.7 Å². The molecule has 0 fully saturated rings. The van der Waals surface area contributed by atoms with Gasteiger partial charge in [-0.1, -0.05) is 0 Å². The molecule has 0 aliphatic rings. The van der Waals surface area contributed by atoms with Gasteiger partial charge in [0.1, 0.15) is 24.4 Å². The van der Waals surface area contributed by atoms with Gasteiger partial charge >= 0.3 is 12.2 Å². The highest BCUT2D eigenvalue weighted by Crippen LogP contribution is 2.33. The van der Waals surface area contributed by atoms with Crippen molar-refractivity contribution in [1.82, 2.24) is 29.0 Å². The molecule has 2 aromatic carbocycles. The number of rotatable bonds is 4. The van der Waals surface area contributed by atoms with Gasteiger partial charge in [-0.15, -0.1) is 0 Å². The number of carbonyl (C=O) groups excluding carboxylic acids is 1. The minimum atomic E-state index is -4.62. The topological polar surface area (TPSA) is 156 Å². The number of fused-ring (bicyclic) bond motifs is 1. The highest BCUT2D eigenvalue weighted by atomic mass is 19.4. The summed E-state index contributed by atoms with van der Waals surface area (Å²) in [6.07, 6.45) is 0.304. The monoisotopic (exact) mass is 523 g/mol. The van der Waals surface area contributed by atoms with Gasteiger partial charge in [-0.3, -0.25) is 10.2 Å². The minimum absolute atomic E-state index is 0.0941. The maximum Gasteiger partial charge on any atom is 0.416 e. The van der Waals surface area contributed by atoms with E-state index in [9.17, 15) is 28.0 Å². The molecule has 0 saturated heterocycles. The number of aromatic nitrogens is 6. The number of amides is 2. The predicted octanol–water partition coefficient (Wildman–Crippen LogP) is 3.15. The molecule has 2 amide bonds. The number of carbonyl (C=O) groups is 1. The number of hydrogen-bond donors (Lipinski definition) is 4. The van der Waals surface area contributed by atoms with Crippen molar-refractivity contribution in [1.29, 1.82) is 5.41 Å². The molecule has 0 atom stereocenters. The summed E-state index contributed by atoms with van der Waals surface area (Å²) in [4.78, 5) is 32.7. The van der Waals surface area contributed by atoms with Crippen molar-refractivity contribution in [3.8, 4) is 11.4 Å². The molecule has 0 spiro atoms. The van der Waals surface area contributed by atoms with Gasteiger partial charge in [0.25, 0.3) is 0 Å². The number of urea groups is 1. The van der Waals surface area contributed by atoms with E-state index in [1.807, 2.05) is 0 Å². The lowest BCUT2D eigenvalue weighted by Gasteiger charge is -2.15. The lowest BCUT2D eigenvalue weighted by Crippen LogP contribution is -2.25. The van der Waals surface area contributed by atoms with Crippen LogP contribution in [0.5, 0.6) is 0 Å². The van der Waals surface area contributed by atoms with Gasteiger partial charge in [-0.2, -0.15) is 23.0 Å². The van der Waals surface area contributed by atoms with Gasteiger partial charge in [0.05, 0.1) is 16.9 Å². The second kappa shape index (κ2) is 9.20. The summed E-state index contributed by atoms with van der Waals surface area (Å²) in [5.74, 6) is 0. The van der Waals surface area contributed by atoms with Gasteiger partial charge in [0.15, 0.2) is 16.6 Å². The summed E-state index contributed by atoms with van der Waals surface area (Å²) in [6.45, 7) is 0. The maximum atomic E-state index is 13.3. The smallest absolute Gasteiger partial charge is 0.416 e. The zero-order valence-corrected chi connectivity index (χ0v) is 19.0. The van der Waals surface area contributed by atoms with Crippen molar-refractivity contribution in [2.24, 2.45) is 0 Å². The SMILES string of the molecule is N=c1c2c(=O)ccn(-c3ccc(NC(=O)Nc4cc(C(F)(F)F)ccc4-n4cncn4)cc3)c2ncn1O. The van der Waals surface area contributed by atoms with Crippen molar-refractivity contribution in [2.75, 3.05) is 10.6 Å². The summed E-state index contributed by atoms with van der Waals surface area (Å²) in [5.41, 5.74) is -0.865. The zero-order valence-electron chi connectivity index (χ0n) is 19.0. The fourth-order valence-corrected chi connectivity index (χ4v) is 3.70. The molecule has 38 heavy (non-hydrogen) atoms. The van der Waals surface area contributed by atoms with Crippen LogP contribution in [0.25, 0.3) is 22.4 Å². The Hall–Kier alpha value is -5.47. The Morgan fingerprint density at radius 1 is 1.03 bits per heavy atom. The van der Waals surface area contributed by atoms with Crippen molar-refractivity contribution in [2.45, 2.75) is 6.18 Å². The van der Waals surface area contributed by atoms with Gasteiger partial charge in [-0.25, -0.2) is 19.4 Å². The summed E-state index contributed by atoms with van der Waals surface area (Å²) < 4.78 is 42.9. The van der Waals surface area contributed by atoms with Crippen molar-refractivity contribution in [3.63, 3.8) is 0 Å². The number of anilines is 2. The molecule has 0 saturated carbocycles. The number of halogens is 3. The maximum absolute atomic E-state index is 13.3. The van der Waals surface area contributed by atoms with Gasteiger partial charge < -0.3 is 20.4 Å². The van der Waals surface area contributed by atoms with Crippen LogP contribution >= 0.6 is 0 Å². The molecule has 0 aliphatic heterocycles. The minimum Gasteiger partial charge on any atom is -0.425 e. The summed E-state index contributed by atoms with van der Waals surface area (Å²) in [6, 6.07) is 9.50. The standard InChI is InChI=1S/C23H16F3N9O3/c24-23(25,26)13-1-6-17(34-11-28-10-30-34)16(9-13)32-22(37)31-14-2-4-15(5-3-14)33-8-7-18(36)19-20(27)35(38)12-29-21(19)33/h1-12,27,38H,(H2,31,32,37). The largest absolute Gasteiger partial charge is 0.425 e. The Morgan fingerprint density at radius 2 is 1.79 bits per heavy atom. The molecule has 15 heteroatoms. The molecule has 0 bridgehead atoms. The van der Waals surface area contributed by atoms with E-state index in [-0.39, 0.29) is 22.4 Å². The highest BCUT2D eigenvalue weighted by molar-refractivity contribution is 6.01. The molecule has 12 nitrogen and oxygen atoms in total. The van der Waals surface area contributed by atoms with Crippen LogP contribution in [0.2, 0.25) is 0 Å². The third-order valence-corrected chi connectivity index (χ3v) is 5.47. The van der Waals surface area contributed by atoms with Crippen LogP contribution in [0, 0.1) is 5.41 Å². The average molecular weight is 523 g/mol. The first-order valence-corrected chi connectivity index (χ1v) is 10.7. The third-order valence-electron chi connectivity index (χ3n) is 5.47. The molecule has 5 aromatic rings. The van der Waals surface area contributed by atoms with Crippen LogP contribution in [-0.2, 0) is 6.18 Å². The molecule has 4 N–H and O–H groups in total. The van der Waals surface area contributed by atoms with E-state index in [1.54, 1.807) is 12.1 Å². The molecule has 3 aromatic heterocycles. The first-order chi connectivity index (χ1) is 18.1. The molecular formula is C23H16F3N9O3. The van der Waals surface area contributed by atoms with E-state index in [2.05, 4.69) is 25.7 Å². The van der Waals surface area contributed by atoms with Crippen molar-refractivity contribution < 1.29 is 23.2 Å². The predicted molar refractivity (Wildman–Crippen MR) is 127 cm³/mol. The van der Waals surface area contributed by atoms with Crippen LogP contribution < -0.4 is 21.6 Å². The third kappa shape index (κ3) is 4.55. The van der Waals surface area contributed by atoms with E-state index in [1.165, 1.54) is 52.4 Å². The Balaban J connectivity index is 1.40.